The van der Waals surface area contributed by atoms with Gasteiger partial charge in [0.15, 0.2) is 0 Å². The first-order valence-electron chi connectivity index (χ1n) is 6.34. The third kappa shape index (κ3) is 4.65. The number of carbonyl (C=O) groups excluding carboxylic acids is 1. The zero-order valence-electron chi connectivity index (χ0n) is 10.9. The topological polar surface area (TPSA) is 42.0 Å². The molecule has 1 N–H and O–H groups in total. The van der Waals surface area contributed by atoms with Gasteiger partial charge in [-0.2, -0.15) is 0 Å². The predicted molar refractivity (Wildman–Crippen MR) is 76.4 cm³/mol. The number of pyridine rings is 1. The highest BCUT2D eigenvalue weighted by molar-refractivity contribution is 5.91. The molecule has 0 saturated carbocycles. The van der Waals surface area contributed by atoms with Crippen LogP contribution in [0.4, 0.5) is 4.39 Å². The van der Waals surface area contributed by atoms with E-state index < -0.39 is 0 Å². The summed E-state index contributed by atoms with van der Waals surface area (Å²) in [6, 6.07) is 9.94. The molecule has 0 bridgehead atoms. The van der Waals surface area contributed by atoms with E-state index in [2.05, 4.69) is 10.3 Å². The summed E-state index contributed by atoms with van der Waals surface area (Å²) in [5.41, 5.74) is 1.86. The van der Waals surface area contributed by atoms with Gasteiger partial charge in [0.1, 0.15) is 5.82 Å². The van der Waals surface area contributed by atoms with E-state index in [9.17, 15) is 9.18 Å². The van der Waals surface area contributed by atoms with Crippen LogP contribution in [0, 0.1) is 5.82 Å². The van der Waals surface area contributed by atoms with Crippen LogP contribution in [0.5, 0.6) is 0 Å². The molecular formula is C16H15FN2O. The van der Waals surface area contributed by atoms with Crippen molar-refractivity contribution >= 4 is 12.0 Å². The minimum atomic E-state index is -0.253. The average molecular weight is 270 g/mol. The average Bonchev–Trinajstić information content (AvgIpc) is 2.48. The van der Waals surface area contributed by atoms with Crippen molar-refractivity contribution < 1.29 is 9.18 Å². The van der Waals surface area contributed by atoms with Crippen LogP contribution in [-0.2, 0) is 11.2 Å². The van der Waals surface area contributed by atoms with E-state index in [1.807, 2.05) is 12.1 Å². The van der Waals surface area contributed by atoms with E-state index >= 15 is 0 Å². The third-order valence-corrected chi connectivity index (χ3v) is 2.74. The molecule has 0 unspecified atom stereocenters. The number of nitrogens with zero attached hydrogens (tertiary/aromatic N) is 1. The van der Waals surface area contributed by atoms with Crippen LogP contribution in [0.3, 0.4) is 0 Å². The second-order valence-electron chi connectivity index (χ2n) is 4.29. The first-order valence-corrected chi connectivity index (χ1v) is 6.34. The third-order valence-electron chi connectivity index (χ3n) is 2.74. The summed E-state index contributed by atoms with van der Waals surface area (Å²) in [4.78, 5) is 15.5. The van der Waals surface area contributed by atoms with Gasteiger partial charge in [-0.1, -0.05) is 18.2 Å². The maximum absolute atomic E-state index is 12.7. The van der Waals surface area contributed by atoms with Crippen LogP contribution in [0.25, 0.3) is 6.08 Å². The molecule has 0 radical (unpaired) electrons. The lowest BCUT2D eigenvalue weighted by Gasteiger charge is -2.02. The summed E-state index contributed by atoms with van der Waals surface area (Å²) in [5, 5.41) is 2.78. The summed E-state index contributed by atoms with van der Waals surface area (Å²) < 4.78 is 12.7. The van der Waals surface area contributed by atoms with E-state index in [-0.39, 0.29) is 11.7 Å². The highest BCUT2D eigenvalue weighted by Crippen LogP contribution is 2.03. The number of hydrogen-bond donors (Lipinski definition) is 1. The lowest BCUT2D eigenvalue weighted by molar-refractivity contribution is -0.116. The fourth-order valence-electron chi connectivity index (χ4n) is 1.69. The number of aromatic nitrogens is 1. The Bertz CT molecular complexity index is 579. The second-order valence-corrected chi connectivity index (χ2v) is 4.29. The summed E-state index contributed by atoms with van der Waals surface area (Å²) in [6.45, 7) is 0.516. The number of halogens is 1. The first-order chi connectivity index (χ1) is 9.74. The van der Waals surface area contributed by atoms with Crippen molar-refractivity contribution in [2.75, 3.05) is 6.54 Å². The molecular weight excluding hydrogens is 255 g/mol. The van der Waals surface area contributed by atoms with Gasteiger partial charge in [-0.15, -0.1) is 0 Å². The number of nitrogens with one attached hydrogen (secondary N) is 1. The van der Waals surface area contributed by atoms with E-state index in [4.69, 9.17) is 0 Å². The van der Waals surface area contributed by atoms with Crippen LogP contribution in [0.1, 0.15) is 11.1 Å². The largest absolute Gasteiger partial charge is 0.352 e. The summed E-state index contributed by atoms with van der Waals surface area (Å²) in [5.74, 6) is -0.409. The van der Waals surface area contributed by atoms with E-state index in [0.717, 1.165) is 11.1 Å². The van der Waals surface area contributed by atoms with Gasteiger partial charge in [0, 0.05) is 25.0 Å². The normalized spacial score (nSPS) is 10.7. The van der Waals surface area contributed by atoms with Crippen molar-refractivity contribution in [3.63, 3.8) is 0 Å². The molecule has 0 saturated heterocycles. The maximum atomic E-state index is 12.7. The Hall–Kier alpha value is -2.49. The molecule has 1 aromatic carbocycles. The summed E-state index contributed by atoms with van der Waals surface area (Å²) >= 11 is 0. The van der Waals surface area contributed by atoms with Crippen LogP contribution in [0.15, 0.2) is 54.9 Å². The molecule has 1 aromatic heterocycles. The van der Waals surface area contributed by atoms with Gasteiger partial charge < -0.3 is 5.32 Å². The fourth-order valence-corrected chi connectivity index (χ4v) is 1.69. The Morgan fingerprint density at radius 3 is 2.75 bits per heavy atom. The molecule has 4 heteroatoms. The fraction of sp³-hybridized carbons (Fsp3) is 0.125. The molecule has 1 amide bonds. The van der Waals surface area contributed by atoms with Gasteiger partial charge in [-0.3, -0.25) is 9.78 Å². The molecule has 0 fully saturated rings. The highest BCUT2D eigenvalue weighted by Gasteiger charge is 1.97. The number of rotatable bonds is 5. The highest BCUT2D eigenvalue weighted by atomic mass is 19.1. The molecule has 20 heavy (non-hydrogen) atoms. The van der Waals surface area contributed by atoms with Gasteiger partial charge >= 0.3 is 0 Å². The van der Waals surface area contributed by atoms with Crippen molar-refractivity contribution in [1.82, 2.24) is 10.3 Å². The van der Waals surface area contributed by atoms with Gasteiger partial charge in [0.25, 0.3) is 0 Å². The van der Waals surface area contributed by atoms with Crippen LogP contribution in [-0.4, -0.2) is 17.4 Å². The van der Waals surface area contributed by atoms with E-state index in [0.29, 0.717) is 13.0 Å². The molecule has 102 valence electrons. The number of amides is 1. The number of carbonyl (C=O) groups is 1. The van der Waals surface area contributed by atoms with Crippen molar-refractivity contribution in [2.45, 2.75) is 6.42 Å². The predicted octanol–water partition coefficient (Wildman–Crippen LogP) is 2.59. The lowest BCUT2D eigenvalue weighted by atomic mass is 10.1. The standard InChI is InChI=1S/C16H15FN2O/c17-15-6-3-13(4-7-15)9-11-19-16(20)8-5-14-2-1-10-18-12-14/h1-8,10,12H,9,11H2,(H,19,20)/b8-5+. The van der Waals surface area contributed by atoms with Crippen LogP contribution < -0.4 is 5.32 Å². The molecule has 2 aromatic rings. The molecule has 2 rings (SSSR count). The molecule has 0 aliphatic heterocycles. The molecule has 1 heterocycles. The lowest BCUT2D eigenvalue weighted by Crippen LogP contribution is -2.23. The smallest absolute Gasteiger partial charge is 0.244 e. The first kappa shape index (κ1) is 13.9. The Morgan fingerprint density at radius 2 is 2.05 bits per heavy atom. The van der Waals surface area contributed by atoms with Crippen molar-refractivity contribution in [2.24, 2.45) is 0 Å². The zero-order valence-corrected chi connectivity index (χ0v) is 10.9. The van der Waals surface area contributed by atoms with Gasteiger partial charge in [0.05, 0.1) is 0 Å². The Morgan fingerprint density at radius 1 is 1.25 bits per heavy atom. The molecule has 0 atom stereocenters. The quantitative estimate of drug-likeness (QED) is 0.848. The zero-order chi connectivity index (χ0) is 14.2. The minimum Gasteiger partial charge on any atom is -0.352 e. The SMILES string of the molecule is O=C(/C=C/c1cccnc1)NCCc1ccc(F)cc1. The summed E-state index contributed by atoms with van der Waals surface area (Å²) in [6.07, 6.45) is 7.22. The summed E-state index contributed by atoms with van der Waals surface area (Å²) in [7, 11) is 0. The molecule has 3 nitrogen and oxygen atoms in total. The molecule has 0 aliphatic carbocycles. The minimum absolute atomic E-state index is 0.157. The Labute approximate surface area is 117 Å². The Kier molecular flexibility index (Phi) is 5.00. The van der Waals surface area contributed by atoms with E-state index in [1.54, 1.807) is 30.6 Å². The van der Waals surface area contributed by atoms with Crippen molar-refractivity contribution in [3.8, 4) is 0 Å². The van der Waals surface area contributed by atoms with Crippen molar-refractivity contribution in [3.05, 3.63) is 71.8 Å². The number of benzene rings is 1. The molecule has 0 aliphatic rings. The van der Waals surface area contributed by atoms with Crippen molar-refractivity contribution in [1.29, 1.82) is 0 Å². The van der Waals surface area contributed by atoms with Gasteiger partial charge in [0.2, 0.25) is 5.91 Å². The maximum Gasteiger partial charge on any atom is 0.244 e. The second kappa shape index (κ2) is 7.19. The monoisotopic (exact) mass is 270 g/mol. The van der Waals surface area contributed by atoms with Crippen LogP contribution in [0.2, 0.25) is 0 Å². The van der Waals surface area contributed by atoms with Gasteiger partial charge in [-0.25, -0.2) is 4.39 Å². The Balaban J connectivity index is 1.75. The van der Waals surface area contributed by atoms with Gasteiger partial charge in [-0.05, 0) is 41.8 Å². The number of hydrogen-bond acceptors (Lipinski definition) is 2. The van der Waals surface area contributed by atoms with E-state index in [1.165, 1.54) is 18.2 Å². The molecule has 0 spiro atoms. The van der Waals surface area contributed by atoms with Crippen LogP contribution >= 0.6 is 0 Å².